The Morgan fingerprint density at radius 1 is 1.57 bits per heavy atom. The Kier molecular flexibility index (Phi) is 4.12. The molecule has 1 amide bonds. The van der Waals surface area contributed by atoms with Crippen LogP contribution in [0.4, 0.5) is 11.5 Å². The lowest BCUT2D eigenvalue weighted by atomic mass is 10.1. The van der Waals surface area contributed by atoms with Gasteiger partial charge in [-0.25, -0.2) is 4.68 Å². The van der Waals surface area contributed by atoms with Crippen molar-refractivity contribution < 1.29 is 9.72 Å². The molecule has 1 atom stereocenters. The third-order valence-electron chi connectivity index (χ3n) is 3.59. The molecule has 0 aliphatic carbocycles. The monoisotopic (exact) mass is 296 g/mol. The quantitative estimate of drug-likeness (QED) is 0.582. The van der Waals surface area contributed by atoms with Gasteiger partial charge in [0.05, 0.1) is 4.92 Å². The molecule has 1 unspecified atom stereocenters. The van der Waals surface area contributed by atoms with Crippen LogP contribution in [0.1, 0.15) is 25.5 Å². The maximum Gasteiger partial charge on any atom is 0.334 e. The first-order valence-electron chi connectivity index (χ1n) is 6.82. The van der Waals surface area contributed by atoms with E-state index >= 15 is 0 Å². The van der Waals surface area contributed by atoms with Crippen molar-refractivity contribution in [2.75, 3.05) is 24.5 Å². The van der Waals surface area contributed by atoms with Crippen LogP contribution in [-0.4, -0.2) is 46.3 Å². The molecular weight excluding hydrogens is 276 g/mol. The average Bonchev–Trinajstić information content (AvgIpc) is 2.76. The number of anilines is 1. The highest BCUT2D eigenvalue weighted by Gasteiger charge is 2.37. The summed E-state index contributed by atoms with van der Waals surface area (Å²) in [7, 11) is 1.65. The molecule has 0 saturated carbocycles. The van der Waals surface area contributed by atoms with Crippen LogP contribution in [0, 0.1) is 10.1 Å². The number of aryl methyl sites for hydroxylation is 1. The number of hydrogen-bond donors (Lipinski definition) is 2. The summed E-state index contributed by atoms with van der Waals surface area (Å²) < 4.78 is 1.47. The minimum atomic E-state index is -0.618. The molecule has 2 heterocycles. The highest BCUT2D eigenvalue weighted by Crippen LogP contribution is 2.36. The first kappa shape index (κ1) is 15.2. The zero-order valence-corrected chi connectivity index (χ0v) is 12.4. The summed E-state index contributed by atoms with van der Waals surface area (Å²) in [6, 6.07) is -0.618. The van der Waals surface area contributed by atoms with E-state index < -0.39 is 16.9 Å². The van der Waals surface area contributed by atoms with E-state index in [1.807, 2.05) is 13.8 Å². The summed E-state index contributed by atoms with van der Waals surface area (Å²) in [6.45, 7) is 5.16. The lowest BCUT2D eigenvalue weighted by Crippen LogP contribution is -2.57. The van der Waals surface area contributed by atoms with Crippen molar-refractivity contribution >= 4 is 17.4 Å². The molecule has 9 nitrogen and oxygen atoms in total. The highest BCUT2D eigenvalue weighted by atomic mass is 16.6. The normalized spacial score (nSPS) is 19.0. The van der Waals surface area contributed by atoms with E-state index in [0.717, 1.165) is 0 Å². The van der Waals surface area contributed by atoms with Crippen LogP contribution >= 0.6 is 0 Å². The molecule has 0 spiro atoms. The summed E-state index contributed by atoms with van der Waals surface area (Å²) in [5.74, 6) is -0.252. The second kappa shape index (κ2) is 5.68. The van der Waals surface area contributed by atoms with Crippen molar-refractivity contribution in [1.29, 1.82) is 0 Å². The van der Waals surface area contributed by atoms with E-state index in [2.05, 4.69) is 10.4 Å². The maximum absolute atomic E-state index is 11.6. The minimum Gasteiger partial charge on any atom is -0.368 e. The third kappa shape index (κ3) is 2.68. The molecule has 1 saturated heterocycles. The molecule has 21 heavy (non-hydrogen) atoms. The van der Waals surface area contributed by atoms with E-state index in [-0.39, 0.29) is 11.6 Å². The Morgan fingerprint density at radius 2 is 2.24 bits per heavy atom. The van der Waals surface area contributed by atoms with Crippen LogP contribution in [0.25, 0.3) is 0 Å². The Hall–Kier alpha value is -2.16. The number of carbonyl (C=O) groups excluding carboxylic acids is 1. The molecule has 1 aromatic rings. The van der Waals surface area contributed by atoms with Gasteiger partial charge in [0.2, 0.25) is 11.7 Å². The number of nitrogens with zero attached hydrogens (tertiary/aromatic N) is 4. The maximum atomic E-state index is 11.6. The van der Waals surface area contributed by atoms with E-state index in [0.29, 0.717) is 31.1 Å². The summed E-state index contributed by atoms with van der Waals surface area (Å²) in [5, 5.41) is 18.8. The molecule has 1 fully saturated rings. The van der Waals surface area contributed by atoms with Crippen LogP contribution < -0.4 is 16.0 Å². The topological polar surface area (TPSA) is 119 Å². The molecule has 1 aliphatic rings. The fraction of sp³-hybridized carbons (Fsp3) is 0.667. The summed E-state index contributed by atoms with van der Waals surface area (Å²) >= 11 is 0. The number of nitrogens with one attached hydrogen (secondary N) is 1. The van der Waals surface area contributed by atoms with Gasteiger partial charge in [-0.15, -0.1) is 0 Å². The van der Waals surface area contributed by atoms with E-state index in [1.165, 1.54) is 4.68 Å². The number of primary amides is 1. The summed E-state index contributed by atoms with van der Waals surface area (Å²) in [4.78, 5) is 24.3. The first-order chi connectivity index (χ1) is 9.84. The summed E-state index contributed by atoms with van der Waals surface area (Å²) in [6.07, 6.45) is 0. The number of piperazine rings is 1. The van der Waals surface area contributed by atoms with Gasteiger partial charge < -0.3 is 16.0 Å². The van der Waals surface area contributed by atoms with Crippen LogP contribution in [0.15, 0.2) is 0 Å². The number of nitrogens with two attached hydrogens (primary N) is 1. The van der Waals surface area contributed by atoms with Crippen LogP contribution in [-0.2, 0) is 11.8 Å². The van der Waals surface area contributed by atoms with E-state index in [9.17, 15) is 14.9 Å². The van der Waals surface area contributed by atoms with Crippen molar-refractivity contribution in [3.63, 3.8) is 0 Å². The van der Waals surface area contributed by atoms with Gasteiger partial charge in [-0.2, -0.15) is 5.10 Å². The highest BCUT2D eigenvalue weighted by molar-refractivity contribution is 5.85. The molecule has 116 valence electrons. The Morgan fingerprint density at radius 3 is 2.76 bits per heavy atom. The van der Waals surface area contributed by atoms with E-state index in [1.54, 1.807) is 11.9 Å². The number of hydrogen-bond acceptors (Lipinski definition) is 6. The SMILES string of the molecule is CC(C)c1nn(C)c(N2CCNCC2C(N)=O)c1[N+](=O)[O-]. The van der Waals surface area contributed by atoms with Crippen molar-refractivity contribution in [2.24, 2.45) is 12.8 Å². The van der Waals surface area contributed by atoms with Gasteiger partial charge in [-0.1, -0.05) is 13.8 Å². The third-order valence-corrected chi connectivity index (χ3v) is 3.59. The largest absolute Gasteiger partial charge is 0.368 e. The molecule has 9 heteroatoms. The Balaban J connectivity index is 2.56. The number of rotatable bonds is 4. The molecular formula is C12H20N6O3. The predicted octanol–water partition coefficient (Wildman–Crippen LogP) is -0.285. The minimum absolute atomic E-state index is 0.0411. The average molecular weight is 296 g/mol. The predicted molar refractivity (Wildman–Crippen MR) is 77.1 cm³/mol. The number of amides is 1. The second-order valence-corrected chi connectivity index (χ2v) is 5.41. The lowest BCUT2D eigenvalue weighted by Gasteiger charge is -2.34. The fourth-order valence-corrected chi connectivity index (χ4v) is 2.62. The molecule has 0 bridgehead atoms. The number of aromatic nitrogens is 2. The lowest BCUT2D eigenvalue weighted by molar-refractivity contribution is -0.385. The number of carbonyl (C=O) groups is 1. The number of nitro groups is 1. The van der Waals surface area contributed by atoms with Crippen molar-refractivity contribution in [3.05, 3.63) is 15.8 Å². The summed E-state index contributed by atoms with van der Waals surface area (Å²) in [5.41, 5.74) is 5.79. The van der Waals surface area contributed by atoms with Gasteiger partial charge >= 0.3 is 5.69 Å². The van der Waals surface area contributed by atoms with Gasteiger partial charge in [-0.3, -0.25) is 14.9 Å². The molecule has 3 N–H and O–H groups in total. The molecule has 0 radical (unpaired) electrons. The fourth-order valence-electron chi connectivity index (χ4n) is 2.62. The van der Waals surface area contributed by atoms with Crippen LogP contribution in [0.5, 0.6) is 0 Å². The zero-order valence-electron chi connectivity index (χ0n) is 12.4. The molecule has 1 aliphatic heterocycles. The van der Waals surface area contributed by atoms with Crippen LogP contribution in [0.2, 0.25) is 0 Å². The molecule has 1 aromatic heterocycles. The van der Waals surface area contributed by atoms with Gasteiger partial charge in [-0.05, 0) is 0 Å². The van der Waals surface area contributed by atoms with Crippen molar-refractivity contribution in [3.8, 4) is 0 Å². The molecule has 2 rings (SSSR count). The van der Waals surface area contributed by atoms with Gasteiger partial charge in [0.1, 0.15) is 11.7 Å². The van der Waals surface area contributed by atoms with Crippen molar-refractivity contribution in [1.82, 2.24) is 15.1 Å². The Bertz CT molecular complexity index is 568. The van der Waals surface area contributed by atoms with Crippen molar-refractivity contribution in [2.45, 2.75) is 25.8 Å². The van der Waals surface area contributed by atoms with Gasteiger partial charge in [0.15, 0.2) is 0 Å². The standard InChI is InChI=1S/C12H20N6O3/c1-7(2)9-10(18(20)21)12(16(3)15-9)17-5-4-14-6-8(17)11(13)19/h7-8,14H,4-6H2,1-3H3,(H2,13,19). The van der Waals surface area contributed by atoms with Crippen LogP contribution in [0.3, 0.4) is 0 Å². The first-order valence-corrected chi connectivity index (χ1v) is 6.82. The Labute approximate surface area is 122 Å². The van der Waals surface area contributed by atoms with E-state index in [4.69, 9.17) is 5.73 Å². The molecule has 0 aromatic carbocycles. The smallest absolute Gasteiger partial charge is 0.334 e. The second-order valence-electron chi connectivity index (χ2n) is 5.41. The van der Waals surface area contributed by atoms with Gasteiger partial charge in [0.25, 0.3) is 0 Å². The zero-order chi connectivity index (χ0) is 15.7. The van der Waals surface area contributed by atoms with Gasteiger partial charge in [0, 0.05) is 32.6 Å².